The normalized spacial score (nSPS) is 19.5. The predicted molar refractivity (Wildman–Crippen MR) is 237 cm³/mol. The van der Waals surface area contributed by atoms with Crippen LogP contribution in [0.15, 0.2) is 60.8 Å². The minimum Gasteiger partial charge on any atom is -0.444 e. The summed E-state index contributed by atoms with van der Waals surface area (Å²) >= 11 is 0. The minimum absolute atomic E-state index is 0.139. The number of carbonyl (C=O) groups is 5. The second kappa shape index (κ2) is 20.4. The van der Waals surface area contributed by atoms with E-state index in [1.54, 1.807) is 57.3 Å². The Morgan fingerprint density at radius 1 is 0.891 bits per heavy atom. The third-order valence-corrected chi connectivity index (χ3v) is 11.1. The number of benzene rings is 2. The Balaban J connectivity index is 1.08. The molecule has 5 amide bonds. The molecule has 3 heterocycles. The second-order valence-electron chi connectivity index (χ2n) is 18.6. The number of aryl methyl sites for hydroxylation is 1. The molecule has 2 fully saturated rings. The zero-order chi connectivity index (χ0) is 46.2. The van der Waals surface area contributed by atoms with Crippen LogP contribution in [-0.4, -0.2) is 110 Å². The highest BCUT2D eigenvalue weighted by molar-refractivity contribution is 5.98. The molecular weight excluding hydrogens is 824 g/mol. The van der Waals surface area contributed by atoms with E-state index >= 15 is 4.39 Å². The molecule has 0 bridgehead atoms. The van der Waals surface area contributed by atoms with Gasteiger partial charge in [-0.2, -0.15) is 0 Å². The number of hydrogen-bond donors (Lipinski definition) is 5. The molecule has 2 unspecified atom stereocenters. The SMILES string of the molecule is Cc1cc(C(=O)NC2CCN(C(=O)OC(C)(C)C)CC2F)ncc1-c1ccc(C[C@H](NC(=O)[C@H]2CC[C@H](CNC(=O)OC(C)(C)C)CC2)C(=O)Nc2ccc(-c3nnn[nH]3)cc2)cc1. The highest BCUT2D eigenvalue weighted by Gasteiger charge is 2.35. The molecule has 1 aliphatic carbocycles. The quantitative estimate of drug-likeness (QED) is 0.106. The molecule has 0 spiro atoms. The number of aromatic amines is 1. The van der Waals surface area contributed by atoms with E-state index in [2.05, 4.69) is 46.9 Å². The molecule has 342 valence electrons. The first-order valence-corrected chi connectivity index (χ1v) is 21.7. The monoisotopic (exact) mass is 882 g/mol. The lowest BCUT2D eigenvalue weighted by atomic mass is 9.81. The van der Waals surface area contributed by atoms with Gasteiger partial charge in [0, 0.05) is 48.4 Å². The zero-order valence-corrected chi connectivity index (χ0v) is 37.5. The lowest BCUT2D eigenvalue weighted by Gasteiger charge is -2.35. The molecule has 5 N–H and O–H groups in total. The first kappa shape index (κ1) is 47.0. The number of pyridine rings is 1. The van der Waals surface area contributed by atoms with Gasteiger partial charge < -0.3 is 35.6 Å². The molecule has 4 aromatic rings. The van der Waals surface area contributed by atoms with Crippen LogP contribution >= 0.6 is 0 Å². The Bertz CT molecular complexity index is 2250. The van der Waals surface area contributed by atoms with Gasteiger partial charge in [-0.3, -0.25) is 19.4 Å². The average molecular weight is 883 g/mol. The van der Waals surface area contributed by atoms with Crippen molar-refractivity contribution >= 4 is 35.6 Å². The number of nitrogens with zero attached hydrogens (tertiary/aromatic N) is 5. The maximum absolute atomic E-state index is 15.1. The molecule has 6 rings (SSSR count). The van der Waals surface area contributed by atoms with Gasteiger partial charge in [0.1, 0.15) is 29.1 Å². The molecule has 2 aromatic heterocycles. The van der Waals surface area contributed by atoms with E-state index in [0.717, 1.165) is 40.7 Å². The summed E-state index contributed by atoms with van der Waals surface area (Å²) in [7, 11) is 0. The van der Waals surface area contributed by atoms with Crippen molar-refractivity contribution in [3.8, 4) is 22.5 Å². The van der Waals surface area contributed by atoms with Crippen LogP contribution in [0.3, 0.4) is 0 Å². The van der Waals surface area contributed by atoms with E-state index in [9.17, 15) is 24.0 Å². The van der Waals surface area contributed by atoms with Crippen molar-refractivity contribution in [1.82, 2.24) is 46.5 Å². The van der Waals surface area contributed by atoms with E-state index in [1.807, 2.05) is 52.0 Å². The van der Waals surface area contributed by atoms with Gasteiger partial charge in [-0.15, -0.1) is 5.10 Å². The van der Waals surface area contributed by atoms with Crippen molar-refractivity contribution in [3.63, 3.8) is 0 Å². The number of aromatic nitrogens is 5. The van der Waals surface area contributed by atoms with E-state index in [4.69, 9.17) is 9.47 Å². The number of carbonyl (C=O) groups excluding carboxylic acids is 5. The number of alkyl halides is 1. The van der Waals surface area contributed by atoms with Gasteiger partial charge in [-0.05, 0) is 144 Å². The van der Waals surface area contributed by atoms with Crippen LogP contribution in [0.5, 0.6) is 0 Å². The first-order valence-electron chi connectivity index (χ1n) is 21.7. The molecule has 3 atom stereocenters. The van der Waals surface area contributed by atoms with Crippen LogP contribution < -0.4 is 21.3 Å². The molecule has 1 aliphatic heterocycles. The van der Waals surface area contributed by atoms with Crippen molar-refractivity contribution in [2.75, 3.05) is 25.0 Å². The van der Waals surface area contributed by atoms with Gasteiger partial charge in [-0.1, -0.05) is 24.3 Å². The van der Waals surface area contributed by atoms with E-state index in [1.165, 1.54) is 4.90 Å². The van der Waals surface area contributed by atoms with E-state index in [0.29, 0.717) is 30.9 Å². The molecule has 18 heteroatoms. The lowest BCUT2D eigenvalue weighted by molar-refractivity contribution is -0.130. The van der Waals surface area contributed by atoms with Gasteiger partial charge in [0.2, 0.25) is 11.8 Å². The van der Waals surface area contributed by atoms with Crippen LogP contribution in [0.1, 0.15) is 95.3 Å². The van der Waals surface area contributed by atoms with Crippen LogP contribution in [0, 0.1) is 18.8 Å². The Kier molecular flexibility index (Phi) is 15.0. The Labute approximate surface area is 372 Å². The summed E-state index contributed by atoms with van der Waals surface area (Å²) < 4.78 is 25.9. The average Bonchev–Trinajstić information content (AvgIpc) is 3.78. The summed E-state index contributed by atoms with van der Waals surface area (Å²) in [4.78, 5) is 71.2. The summed E-state index contributed by atoms with van der Waals surface area (Å²) in [5.41, 5.74) is 3.28. The molecule has 64 heavy (non-hydrogen) atoms. The van der Waals surface area contributed by atoms with Crippen molar-refractivity contribution < 1.29 is 37.8 Å². The fourth-order valence-electron chi connectivity index (χ4n) is 7.73. The molecule has 2 aliphatic rings. The van der Waals surface area contributed by atoms with Gasteiger partial charge in [0.15, 0.2) is 5.82 Å². The topological polar surface area (TPSA) is 223 Å². The van der Waals surface area contributed by atoms with Crippen molar-refractivity contribution in [2.45, 2.75) is 116 Å². The number of rotatable bonds is 12. The third-order valence-electron chi connectivity index (χ3n) is 11.1. The number of alkyl carbamates (subject to hydrolysis) is 1. The third kappa shape index (κ3) is 13.3. The van der Waals surface area contributed by atoms with Crippen molar-refractivity contribution in [2.24, 2.45) is 11.8 Å². The molecule has 2 aromatic carbocycles. The molecule has 1 saturated heterocycles. The number of piperidine rings is 1. The summed E-state index contributed by atoms with van der Waals surface area (Å²) in [6.45, 7) is 13.1. The van der Waals surface area contributed by atoms with Crippen molar-refractivity contribution in [1.29, 1.82) is 0 Å². The van der Waals surface area contributed by atoms with Crippen LogP contribution in [0.4, 0.5) is 19.7 Å². The maximum Gasteiger partial charge on any atom is 0.410 e. The largest absolute Gasteiger partial charge is 0.444 e. The minimum atomic E-state index is -1.47. The molecule has 17 nitrogen and oxygen atoms in total. The van der Waals surface area contributed by atoms with Crippen LogP contribution in [0.25, 0.3) is 22.5 Å². The molecule has 0 radical (unpaired) electrons. The summed E-state index contributed by atoms with van der Waals surface area (Å²) in [6, 6.07) is 14.5. The fraction of sp³-hybridized carbons (Fsp3) is 0.500. The number of anilines is 1. The number of tetrazole rings is 1. The number of halogens is 1. The standard InChI is InChI=1S/C46H59FN10O7/c1-27-22-37(41(59)51-36-20-21-57(26-35(36)47)44(62)64-46(5,6)7)48-25-34(27)30-12-8-28(9-13-30)23-38(42(60)50-33-18-16-31(17-19-33)39-53-55-56-54-39)52-40(58)32-14-10-29(11-15-32)24-49-43(61)63-45(2,3)4/h8-9,12-13,16-19,22,25,29,32,35-36,38H,10-11,14-15,20-21,23-24,26H2,1-7H3,(H,49,61)(H,50,60)(H,51,59)(H,52,58)(H,53,54,55,56)/t29-,32-,35?,36?,38-/m0/s1. The predicted octanol–water partition coefficient (Wildman–Crippen LogP) is 6.31. The highest BCUT2D eigenvalue weighted by Crippen LogP contribution is 2.30. The summed E-state index contributed by atoms with van der Waals surface area (Å²) in [5, 5.41) is 25.4. The second-order valence-corrected chi connectivity index (χ2v) is 18.6. The Morgan fingerprint density at radius 2 is 1.56 bits per heavy atom. The smallest absolute Gasteiger partial charge is 0.410 e. The lowest BCUT2D eigenvalue weighted by Crippen LogP contribution is -2.54. The number of nitrogens with one attached hydrogen (secondary N) is 5. The Morgan fingerprint density at radius 3 is 2.17 bits per heavy atom. The highest BCUT2D eigenvalue weighted by atomic mass is 19.1. The molecule has 1 saturated carbocycles. The number of hydrogen-bond acceptors (Lipinski definition) is 11. The number of likely N-dealkylation sites (tertiary alicyclic amines) is 1. The van der Waals surface area contributed by atoms with Gasteiger partial charge in [0.05, 0.1) is 12.6 Å². The van der Waals surface area contributed by atoms with Crippen molar-refractivity contribution in [3.05, 3.63) is 77.6 Å². The first-order chi connectivity index (χ1) is 30.3. The van der Waals surface area contributed by atoms with Crippen LogP contribution in [0.2, 0.25) is 0 Å². The summed E-state index contributed by atoms with van der Waals surface area (Å²) in [5.74, 6) is -0.701. The van der Waals surface area contributed by atoms with Gasteiger partial charge in [0.25, 0.3) is 5.91 Å². The van der Waals surface area contributed by atoms with Gasteiger partial charge >= 0.3 is 12.2 Å². The van der Waals surface area contributed by atoms with Crippen LogP contribution in [-0.2, 0) is 25.5 Å². The summed E-state index contributed by atoms with van der Waals surface area (Å²) in [6.07, 6.45) is 2.24. The van der Waals surface area contributed by atoms with E-state index in [-0.39, 0.29) is 55.3 Å². The number of amides is 5. The molecular formula is C46H59FN10O7. The maximum atomic E-state index is 15.1. The Hall–Kier alpha value is -6.46. The van der Waals surface area contributed by atoms with Gasteiger partial charge in [-0.25, -0.2) is 19.1 Å². The number of H-pyrrole nitrogens is 1. The van der Waals surface area contributed by atoms with E-state index < -0.39 is 47.6 Å². The number of ether oxygens (including phenoxy) is 2. The zero-order valence-electron chi connectivity index (χ0n) is 37.5. The fourth-order valence-corrected chi connectivity index (χ4v) is 7.73.